The van der Waals surface area contributed by atoms with E-state index in [1.807, 2.05) is 6.92 Å². The van der Waals surface area contributed by atoms with Crippen molar-refractivity contribution in [3.8, 4) is 0 Å². The summed E-state index contributed by atoms with van der Waals surface area (Å²) >= 11 is 5.78. The second-order valence-electron chi connectivity index (χ2n) is 6.80. The largest absolute Gasteiger partial charge is 0.396 e. The number of aliphatic hydroxyl groups excluding tert-OH is 1. The first kappa shape index (κ1) is 23.8. The topological polar surface area (TPSA) is 66.8 Å². The normalized spacial score (nSPS) is 15.6. The van der Waals surface area contributed by atoms with Crippen LogP contribution in [0, 0.1) is 12.7 Å². The highest BCUT2D eigenvalue weighted by Crippen LogP contribution is 2.23. The fourth-order valence-electron chi connectivity index (χ4n) is 2.84. The number of hydrogen-bond donors (Lipinski definition) is 1. The second-order valence-corrected chi connectivity index (χ2v) is 9.18. The van der Waals surface area contributed by atoms with Gasteiger partial charge in [-0.15, -0.1) is 0 Å². The highest BCUT2D eigenvalue weighted by Gasteiger charge is 2.29. The van der Waals surface area contributed by atoms with Gasteiger partial charge in [0.25, 0.3) is 0 Å². The maximum atomic E-state index is 12.5. The molecule has 29 heavy (non-hydrogen) atoms. The summed E-state index contributed by atoms with van der Waals surface area (Å²) in [6.45, 7) is 3.47. The molecule has 0 aromatic heterocycles. The van der Waals surface area contributed by atoms with E-state index in [1.54, 1.807) is 24.3 Å². The van der Waals surface area contributed by atoms with Gasteiger partial charge in [0.2, 0.25) is 10.0 Å². The molecular formula is C21H27ClFNO4S. The fourth-order valence-corrected chi connectivity index (χ4v) is 4.44. The summed E-state index contributed by atoms with van der Waals surface area (Å²) in [7, 11) is -3.45. The number of aryl methyl sites for hydroxylation is 1. The third kappa shape index (κ3) is 7.68. The number of hydrogen-bond acceptors (Lipinski definition) is 4. The van der Waals surface area contributed by atoms with Crippen molar-refractivity contribution in [2.75, 3.05) is 26.3 Å². The van der Waals surface area contributed by atoms with Crippen molar-refractivity contribution >= 4 is 21.6 Å². The SMILES string of the molecule is Cc1ccc(F)cc1.O=S(=O)(c1ccc(Cl)cc1)N1CCC(OCCCO)CC1. The molecule has 1 N–H and O–H groups in total. The zero-order chi connectivity index (χ0) is 21.3. The highest BCUT2D eigenvalue weighted by atomic mass is 35.5. The summed E-state index contributed by atoms with van der Waals surface area (Å²) in [5, 5.41) is 9.23. The van der Waals surface area contributed by atoms with Crippen LogP contribution < -0.4 is 0 Å². The maximum absolute atomic E-state index is 12.5. The van der Waals surface area contributed by atoms with Crippen LogP contribution in [0.25, 0.3) is 0 Å². The Kier molecular flexibility index (Phi) is 9.52. The van der Waals surface area contributed by atoms with E-state index in [2.05, 4.69) is 0 Å². The smallest absolute Gasteiger partial charge is 0.243 e. The Morgan fingerprint density at radius 3 is 2.21 bits per heavy atom. The number of halogens is 2. The van der Waals surface area contributed by atoms with Crippen LogP contribution in [0.3, 0.4) is 0 Å². The highest BCUT2D eigenvalue weighted by molar-refractivity contribution is 7.89. The standard InChI is InChI=1S/C14H20ClNO4S.C7H7F/c15-12-2-4-14(5-3-12)21(18,19)16-8-6-13(7-9-16)20-11-1-10-17;1-6-2-4-7(8)5-3-6/h2-5,13,17H,1,6-11H2;2-5H,1H3. The maximum Gasteiger partial charge on any atom is 0.243 e. The van der Waals surface area contributed by atoms with Crippen LogP contribution in [0.1, 0.15) is 24.8 Å². The monoisotopic (exact) mass is 443 g/mol. The molecule has 0 aliphatic carbocycles. The minimum Gasteiger partial charge on any atom is -0.396 e. The van der Waals surface area contributed by atoms with Gasteiger partial charge in [-0.1, -0.05) is 29.3 Å². The van der Waals surface area contributed by atoms with Crippen molar-refractivity contribution in [3.05, 3.63) is 64.9 Å². The molecule has 1 aliphatic heterocycles. The van der Waals surface area contributed by atoms with Gasteiger partial charge < -0.3 is 9.84 Å². The zero-order valence-corrected chi connectivity index (χ0v) is 18.0. The van der Waals surface area contributed by atoms with Crippen LogP contribution in [0.5, 0.6) is 0 Å². The van der Waals surface area contributed by atoms with E-state index in [0.717, 1.165) is 5.56 Å². The van der Waals surface area contributed by atoms with Crippen molar-refractivity contribution in [3.63, 3.8) is 0 Å². The van der Waals surface area contributed by atoms with Crippen molar-refractivity contribution in [1.29, 1.82) is 0 Å². The minimum absolute atomic E-state index is 0.0771. The van der Waals surface area contributed by atoms with E-state index in [4.69, 9.17) is 21.4 Å². The Hall–Kier alpha value is -1.51. The molecule has 0 spiro atoms. The third-order valence-corrected chi connectivity index (χ3v) is 6.68. The van der Waals surface area contributed by atoms with Gasteiger partial charge in [-0.25, -0.2) is 12.8 Å². The van der Waals surface area contributed by atoms with Crippen molar-refractivity contribution < 1.29 is 22.7 Å². The molecule has 0 bridgehead atoms. The molecule has 8 heteroatoms. The van der Waals surface area contributed by atoms with Gasteiger partial charge in [-0.2, -0.15) is 4.31 Å². The lowest BCUT2D eigenvalue weighted by atomic mass is 10.1. The van der Waals surface area contributed by atoms with Gasteiger partial charge in [0, 0.05) is 31.3 Å². The van der Waals surface area contributed by atoms with Gasteiger partial charge >= 0.3 is 0 Å². The number of piperidine rings is 1. The zero-order valence-electron chi connectivity index (χ0n) is 16.4. The fraction of sp³-hybridized carbons (Fsp3) is 0.429. The Balaban J connectivity index is 0.000000313. The van der Waals surface area contributed by atoms with Crippen LogP contribution in [0.2, 0.25) is 5.02 Å². The second kappa shape index (κ2) is 11.6. The molecule has 1 saturated heterocycles. The third-order valence-electron chi connectivity index (χ3n) is 4.52. The lowest BCUT2D eigenvalue weighted by Crippen LogP contribution is -2.40. The first-order chi connectivity index (χ1) is 13.8. The molecule has 0 radical (unpaired) electrons. The molecule has 1 fully saturated rings. The lowest BCUT2D eigenvalue weighted by Gasteiger charge is -2.31. The Bertz CT molecular complexity index is 815. The summed E-state index contributed by atoms with van der Waals surface area (Å²) in [6, 6.07) is 12.6. The molecule has 1 aliphatic rings. The predicted molar refractivity (Wildman–Crippen MR) is 112 cm³/mol. The predicted octanol–water partition coefficient (Wildman–Crippen LogP) is 4.03. The number of sulfonamides is 1. The molecule has 2 aromatic carbocycles. The molecule has 0 atom stereocenters. The summed E-state index contributed by atoms with van der Waals surface area (Å²) in [4.78, 5) is 0.270. The summed E-state index contributed by atoms with van der Waals surface area (Å²) < 4.78 is 44.1. The van der Waals surface area contributed by atoms with E-state index < -0.39 is 10.0 Å². The van der Waals surface area contributed by atoms with Crippen LogP contribution >= 0.6 is 11.6 Å². The Morgan fingerprint density at radius 1 is 1.10 bits per heavy atom. The number of rotatable bonds is 6. The van der Waals surface area contributed by atoms with E-state index in [-0.39, 0.29) is 23.4 Å². The molecule has 160 valence electrons. The van der Waals surface area contributed by atoms with Gasteiger partial charge in [0.15, 0.2) is 0 Å². The summed E-state index contributed by atoms with van der Waals surface area (Å²) in [6.07, 6.45) is 2.05. The minimum atomic E-state index is -3.45. The quantitative estimate of drug-likeness (QED) is 0.684. The first-order valence-corrected chi connectivity index (χ1v) is 11.3. The number of benzene rings is 2. The summed E-state index contributed by atoms with van der Waals surface area (Å²) in [5.41, 5.74) is 1.09. The summed E-state index contributed by atoms with van der Waals surface area (Å²) in [5.74, 6) is -0.171. The van der Waals surface area contributed by atoms with E-state index >= 15 is 0 Å². The molecule has 1 heterocycles. The van der Waals surface area contributed by atoms with Crippen LogP contribution in [-0.4, -0.2) is 50.2 Å². The molecular weight excluding hydrogens is 417 g/mol. The van der Waals surface area contributed by atoms with Crippen molar-refractivity contribution in [1.82, 2.24) is 4.31 Å². The van der Waals surface area contributed by atoms with Crippen LogP contribution in [-0.2, 0) is 14.8 Å². The number of nitrogens with zero attached hydrogens (tertiary/aromatic N) is 1. The van der Waals surface area contributed by atoms with Gasteiger partial charge in [-0.3, -0.25) is 0 Å². The van der Waals surface area contributed by atoms with Crippen LogP contribution in [0.4, 0.5) is 4.39 Å². The van der Waals surface area contributed by atoms with Gasteiger partial charge in [0.1, 0.15) is 5.82 Å². The Labute approximate surface area is 177 Å². The first-order valence-electron chi connectivity index (χ1n) is 9.53. The lowest BCUT2D eigenvalue weighted by molar-refractivity contribution is 0.0149. The molecule has 5 nitrogen and oxygen atoms in total. The van der Waals surface area contributed by atoms with Gasteiger partial charge in [-0.05, 0) is 62.6 Å². The van der Waals surface area contributed by atoms with E-state index in [9.17, 15) is 12.8 Å². The molecule has 2 aromatic rings. The molecule has 0 unspecified atom stereocenters. The van der Waals surface area contributed by atoms with Gasteiger partial charge in [0.05, 0.1) is 11.0 Å². The number of aliphatic hydroxyl groups is 1. The van der Waals surface area contributed by atoms with Crippen molar-refractivity contribution in [2.24, 2.45) is 0 Å². The molecule has 0 saturated carbocycles. The number of ether oxygens (including phenoxy) is 1. The average molecular weight is 444 g/mol. The molecule has 3 rings (SSSR count). The van der Waals surface area contributed by atoms with E-state index in [0.29, 0.717) is 44.0 Å². The molecule has 0 amide bonds. The van der Waals surface area contributed by atoms with Crippen LogP contribution in [0.15, 0.2) is 53.4 Å². The van der Waals surface area contributed by atoms with E-state index in [1.165, 1.54) is 28.6 Å². The average Bonchev–Trinajstić information content (AvgIpc) is 2.72. The Morgan fingerprint density at radius 2 is 1.69 bits per heavy atom. The van der Waals surface area contributed by atoms with Crippen molar-refractivity contribution in [2.45, 2.75) is 37.2 Å².